The molecule has 2 nitrogen and oxygen atoms in total. The van der Waals surface area contributed by atoms with Crippen LogP contribution in [0.15, 0.2) is 206 Å². The van der Waals surface area contributed by atoms with Crippen LogP contribution in [0.3, 0.4) is 0 Å². The molecule has 2 aliphatic rings. The van der Waals surface area contributed by atoms with E-state index >= 15 is 0 Å². The van der Waals surface area contributed by atoms with Crippen molar-refractivity contribution in [2.24, 2.45) is 0 Å². The predicted octanol–water partition coefficient (Wildman–Crippen LogP) is 13.8. The van der Waals surface area contributed by atoms with E-state index < -0.39 is 0 Å². The van der Waals surface area contributed by atoms with Gasteiger partial charge in [-0.3, -0.25) is 0 Å². The van der Waals surface area contributed by atoms with E-state index in [2.05, 4.69) is 206 Å². The first-order valence-electron chi connectivity index (χ1n) is 19.7. The molecule has 0 saturated carbocycles. The molecule has 0 fully saturated rings. The third-order valence-electron chi connectivity index (χ3n) is 12.3. The van der Waals surface area contributed by atoms with Crippen LogP contribution in [0.5, 0.6) is 0 Å². The van der Waals surface area contributed by atoms with Gasteiger partial charge < -0.3 is 0 Å². The minimum Gasteiger partial charge on any atom is -0.228 e. The Labute approximate surface area is 331 Å². The first kappa shape index (κ1) is 31.9. The van der Waals surface area contributed by atoms with Crippen molar-refractivity contribution in [3.63, 3.8) is 0 Å². The van der Waals surface area contributed by atoms with Crippen LogP contribution in [0.2, 0.25) is 0 Å². The summed E-state index contributed by atoms with van der Waals surface area (Å²) in [4.78, 5) is 10.6. The number of hydrogen-bond acceptors (Lipinski definition) is 2. The van der Waals surface area contributed by atoms with E-state index in [0.29, 0.717) is 0 Å². The van der Waals surface area contributed by atoms with Crippen LogP contribution in [0, 0.1) is 0 Å². The largest absolute Gasteiger partial charge is 0.228 e. The molecule has 0 bridgehead atoms. The van der Waals surface area contributed by atoms with Crippen molar-refractivity contribution < 1.29 is 0 Å². The summed E-state index contributed by atoms with van der Waals surface area (Å²) in [5, 5.41) is 4.67. The Morgan fingerprint density at radius 1 is 0.281 bits per heavy atom. The predicted molar refractivity (Wildman–Crippen MR) is 235 cm³/mol. The second-order valence-corrected chi connectivity index (χ2v) is 15.2. The van der Waals surface area contributed by atoms with E-state index in [1.54, 1.807) is 0 Å². The zero-order valence-corrected chi connectivity index (χ0v) is 31.0. The molecule has 1 aromatic heterocycles. The summed E-state index contributed by atoms with van der Waals surface area (Å²) in [6.45, 7) is 0. The molecule has 0 aliphatic heterocycles. The average Bonchev–Trinajstić information content (AvgIpc) is 3.76. The van der Waals surface area contributed by atoms with E-state index in [9.17, 15) is 0 Å². The fourth-order valence-electron chi connectivity index (χ4n) is 9.83. The molecule has 2 heteroatoms. The van der Waals surface area contributed by atoms with Gasteiger partial charge >= 0.3 is 0 Å². The maximum Gasteiger partial charge on any atom is 0.161 e. The Bertz CT molecular complexity index is 3080. The smallest absolute Gasteiger partial charge is 0.161 e. The number of hydrogen-bond donors (Lipinski definition) is 0. The van der Waals surface area contributed by atoms with Gasteiger partial charge in [-0.15, -0.1) is 0 Å². The monoisotopic (exact) mass is 722 g/mol. The summed E-state index contributed by atoms with van der Waals surface area (Å²) in [6, 6.07) is 75.0. The SMILES string of the molecule is c1ccc2c(c1)-c1ccccc1C21c2ccccc2-c2ccc(-c3ccc(-c4cc(-c5cccc6ccccc56)nc(-c5cccc6ccccc56)n4)cc3)cc21. The van der Waals surface area contributed by atoms with Crippen LogP contribution in [0.25, 0.3) is 88.8 Å². The Morgan fingerprint density at radius 2 is 0.719 bits per heavy atom. The van der Waals surface area contributed by atoms with Crippen LogP contribution in [0.1, 0.15) is 22.3 Å². The molecule has 1 heterocycles. The van der Waals surface area contributed by atoms with E-state index in [0.717, 1.165) is 39.3 Å². The third kappa shape index (κ3) is 4.65. The van der Waals surface area contributed by atoms with Crippen molar-refractivity contribution in [3.05, 3.63) is 229 Å². The van der Waals surface area contributed by atoms with Crippen LogP contribution in [-0.4, -0.2) is 9.97 Å². The summed E-state index contributed by atoms with van der Waals surface area (Å²) in [6.07, 6.45) is 0. The van der Waals surface area contributed by atoms with Crippen molar-refractivity contribution in [2.75, 3.05) is 0 Å². The summed E-state index contributed by atoms with van der Waals surface area (Å²) < 4.78 is 0. The van der Waals surface area contributed by atoms with Gasteiger partial charge in [0.1, 0.15) is 0 Å². The minimum atomic E-state index is -0.369. The lowest BCUT2D eigenvalue weighted by molar-refractivity contribution is 0.794. The third-order valence-corrected chi connectivity index (χ3v) is 12.3. The first-order valence-corrected chi connectivity index (χ1v) is 19.7. The Hall–Kier alpha value is -7.42. The molecular weight excluding hydrogens is 689 g/mol. The maximum atomic E-state index is 5.28. The standard InChI is InChI=1S/C55H34N2/c1-3-17-40-36(13-1)15-11-22-46(40)53-34-52(56-54(57-53)47-23-12-16-37-14-2-4-18-41(37)47)38-29-27-35(28-30-38)39-31-32-45-44-21-7-10-26-50(44)55(51(45)33-39)48-24-8-5-19-42(48)43-20-6-9-25-49(43)55/h1-34H. The maximum absolute atomic E-state index is 5.28. The van der Waals surface area contributed by atoms with Crippen molar-refractivity contribution >= 4 is 21.5 Å². The molecule has 2 aliphatic carbocycles. The molecule has 0 saturated heterocycles. The van der Waals surface area contributed by atoms with Gasteiger partial charge in [0.2, 0.25) is 0 Å². The number of rotatable bonds is 4. The van der Waals surface area contributed by atoms with Gasteiger partial charge in [0, 0.05) is 16.7 Å². The van der Waals surface area contributed by atoms with Crippen LogP contribution in [-0.2, 0) is 5.41 Å². The molecule has 264 valence electrons. The lowest BCUT2D eigenvalue weighted by Gasteiger charge is -2.30. The van der Waals surface area contributed by atoms with E-state index in [1.807, 2.05) is 0 Å². The Balaban J connectivity index is 1.01. The molecule has 1 spiro atoms. The summed E-state index contributed by atoms with van der Waals surface area (Å²) in [7, 11) is 0. The number of aromatic nitrogens is 2. The van der Waals surface area contributed by atoms with Gasteiger partial charge in [-0.25, -0.2) is 9.97 Å². The Morgan fingerprint density at radius 3 is 1.35 bits per heavy atom. The van der Waals surface area contributed by atoms with Crippen LogP contribution in [0.4, 0.5) is 0 Å². The highest BCUT2D eigenvalue weighted by atomic mass is 14.9. The zero-order valence-electron chi connectivity index (χ0n) is 31.0. The zero-order chi connectivity index (χ0) is 37.5. The number of fused-ring (bicyclic) bond motifs is 12. The highest BCUT2D eigenvalue weighted by Crippen LogP contribution is 2.63. The average molecular weight is 723 g/mol. The highest BCUT2D eigenvalue weighted by Gasteiger charge is 2.51. The molecule has 9 aromatic carbocycles. The number of nitrogens with zero attached hydrogens (tertiary/aromatic N) is 2. The lowest BCUT2D eigenvalue weighted by atomic mass is 9.70. The van der Waals surface area contributed by atoms with Gasteiger partial charge in [-0.2, -0.15) is 0 Å². The molecule has 0 atom stereocenters. The molecule has 0 N–H and O–H groups in total. The first-order chi connectivity index (χ1) is 28.3. The van der Waals surface area contributed by atoms with E-state index in [1.165, 1.54) is 71.8 Å². The fraction of sp³-hybridized carbons (Fsp3) is 0.0182. The van der Waals surface area contributed by atoms with Crippen molar-refractivity contribution in [1.29, 1.82) is 0 Å². The van der Waals surface area contributed by atoms with Gasteiger partial charge in [0.05, 0.1) is 16.8 Å². The molecule has 0 unspecified atom stereocenters. The summed E-state index contributed by atoms with van der Waals surface area (Å²) in [5.74, 6) is 0.719. The van der Waals surface area contributed by atoms with Gasteiger partial charge in [-0.1, -0.05) is 194 Å². The Kier molecular flexibility index (Phi) is 6.88. The van der Waals surface area contributed by atoms with Crippen molar-refractivity contribution in [2.45, 2.75) is 5.41 Å². The van der Waals surface area contributed by atoms with Crippen LogP contribution >= 0.6 is 0 Å². The quantitative estimate of drug-likeness (QED) is 0.181. The second kappa shape index (κ2) is 12.3. The van der Waals surface area contributed by atoms with E-state index in [-0.39, 0.29) is 5.41 Å². The number of benzene rings is 9. The van der Waals surface area contributed by atoms with Gasteiger partial charge in [0.25, 0.3) is 0 Å². The van der Waals surface area contributed by atoms with Gasteiger partial charge in [0.15, 0.2) is 5.82 Å². The molecule has 57 heavy (non-hydrogen) atoms. The fourth-order valence-corrected chi connectivity index (χ4v) is 9.83. The summed E-state index contributed by atoms with van der Waals surface area (Å²) in [5.41, 5.74) is 17.7. The highest BCUT2D eigenvalue weighted by molar-refractivity contribution is 5.99. The van der Waals surface area contributed by atoms with Crippen molar-refractivity contribution in [3.8, 4) is 67.3 Å². The molecule has 0 radical (unpaired) electrons. The van der Waals surface area contributed by atoms with Crippen LogP contribution < -0.4 is 0 Å². The topological polar surface area (TPSA) is 25.8 Å². The van der Waals surface area contributed by atoms with Gasteiger partial charge in [-0.05, 0) is 89.3 Å². The second-order valence-electron chi connectivity index (χ2n) is 15.2. The molecule has 0 amide bonds. The minimum absolute atomic E-state index is 0.369. The summed E-state index contributed by atoms with van der Waals surface area (Å²) >= 11 is 0. The molecule has 12 rings (SSSR count). The normalized spacial score (nSPS) is 13.1. The lowest BCUT2D eigenvalue weighted by Crippen LogP contribution is -2.25. The van der Waals surface area contributed by atoms with Crippen molar-refractivity contribution in [1.82, 2.24) is 9.97 Å². The molecular formula is C55H34N2. The van der Waals surface area contributed by atoms with E-state index in [4.69, 9.17) is 9.97 Å². The molecule has 10 aromatic rings.